The van der Waals surface area contributed by atoms with Crippen molar-refractivity contribution in [3.63, 3.8) is 0 Å². The number of aromatic nitrogens is 2. The topological polar surface area (TPSA) is 88.5 Å². The molecule has 1 N–H and O–H groups in total. The van der Waals surface area contributed by atoms with E-state index in [0.29, 0.717) is 13.1 Å². The first-order valence-corrected chi connectivity index (χ1v) is 17.8. The molecule has 0 amide bonds. The molecule has 2 aromatic rings. The molecule has 4 aliphatic rings. The van der Waals surface area contributed by atoms with Crippen LogP contribution >= 0.6 is 0 Å². The van der Waals surface area contributed by atoms with Crippen LogP contribution in [-0.4, -0.2) is 108 Å². The number of hydrogen-bond donors (Lipinski definition) is 1. The van der Waals surface area contributed by atoms with Crippen molar-refractivity contribution >= 4 is 23.6 Å². The van der Waals surface area contributed by atoms with Gasteiger partial charge >= 0.3 is 5.97 Å². The Balaban J connectivity index is 1.16. The van der Waals surface area contributed by atoms with E-state index in [-0.39, 0.29) is 5.60 Å². The number of fused-ring (bicyclic) bond motifs is 1. The molecule has 0 spiro atoms. The fourth-order valence-electron chi connectivity index (χ4n) is 8.26. The molecule has 3 saturated heterocycles. The van der Waals surface area contributed by atoms with E-state index in [4.69, 9.17) is 14.7 Å². The van der Waals surface area contributed by atoms with E-state index in [1.54, 1.807) is 0 Å². The highest BCUT2D eigenvalue weighted by Crippen LogP contribution is 2.44. The number of aliphatic carboxylic acids is 1. The molecule has 1 aromatic carbocycles. The Morgan fingerprint density at radius 3 is 2.00 bits per heavy atom. The van der Waals surface area contributed by atoms with Crippen molar-refractivity contribution in [1.82, 2.24) is 19.8 Å². The van der Waals surface area contributed by atoms with Crippen molar-refractivity contribution in [2.24, 2.45) is 0 Å². The number of carboxylic acids is 1. The number of benzene rings is 1. The fraction of sp³-hybridized carbons (Fsp3) is 0.694. The van der Waals surface area contributed by atoms with E-state index in [0.717, 1.165) is 117 Å². The Kier molecular flexibility index (Phi) is 9.67. The second-order valence-corrected chi connectivity index (χ2v) is 14.1. The van der Waals surface area contributed by atoms with Gasteiger partial charge in [-0.25, -0.2) is 0 Å². The zero-order valence-electron chi connectivity index (χ0n) is 29.1. The second kappa shape index (κ2) is 13.6. The van der Waals surface area contributed by atoms with Crippen LogP contribution < -0.4 is 19.4 Å². The van der Waals surface area contributed by atoms with Gasteiger partial charge in [-0.15, -0.1) is 0 Å². The normalized spacial score (nSPS) is 22.8. The molecule has 10 nitrogen and oxygen atoms in total. The fourth-order valence-corrected chi connectivity index (χ4v) is 8.26. The van der Waals surface area contributed by atoms with Crippen LogP contribution in [0.15, 0.2) is 6.07 Å². The lowest BCUT2D eigenvalue weighted by Crippen LogP contribution is -2.54. The van der Waals surface area contributed by atoms with Gasteiger partial charge in [0.15, 0.2) is 0 Å². The zero-order valence-corrected chi connectivity index (χ0v) is 29.1. The van der Waals surface area contributed by atoms with Gasteiger partial charge < -0.3 is 24.5 Å². The molecule has 1 aromatic heterocycles. The van der Waals surface area contributed by atoms with Gasteiger partial charge in [0, 0.05) is 65.0 Å². The summed E-state index contributed by atoms with van der Waals surface area (Å²) in [6, 6.07) is 1.58. The van der Waals surface area contributed by atoms with Crippen LogP contribution in [0.3, 0.4) is 0 Å². The van der Waals surface area contributed by atoms with Gasteiger partial charge in [0.1, 0.15) is 29.0 Å². The number of piperazine rings is 1. The lowest BCUT2D eigenvalue weighted by atomic mass is 9.82. The number of rotatable bonds is 10. The number of hydrogen-bond acceptors (Lipinski definition) is 9. The first kappa shape index (κ1) is 32.8. The van der Waals surface area contributed by atoms with Gasteiger partial charge in [0.25, 0.3) is 0 Å². The predicted octanol–water partition coefficient (Wildman–Crippen LogP) is 4.98. The van der Waals surface area contributed by atoms with E-state index in [1.165, 1.54) is 31.2 Å². The molecule has 2 atom stereocenters. The van der Waals surface area contributed by atoms with Crippen molar-refractivity contribution < 1.29 is 14.6 Å². The maximum atomic E-state index is 12.5. The highest BCUT2D eigenvalue weighted by Gasteiger charge is 2.39. The molecule has 0 saturated carbocycles. The molecule has 4 aliphatic heterocycles. The predicted molar refractivity (Wildman–Crippen MR) is 185 cm³/mol. The summed E-state index contributed by atoms with van der Waals surface area (Å²) in [6.45, 7) is 22.9. The standard InChI is InChI=1S/C36H55N7O3/c1-7-40(8-2)32(34(44)45)31-25(3)26(4)33-28(27(31)5)13-14-36(6,46-33)24-39-19-21-42(22-20-39)30-23-29(41-15-9-10-16-41)37-35(38-30)43-17-11-12-18-43/h23,32H,7-22,24H2,1-6H3,(H,44,45). The molecule has 46 heavy (non-hydrogen) atoms. The highest BCUT2D eigenvalue weighted by atomic mass is 16.5. The van der Waals surface area contributed by atoms with E-state index in [2.05, 4.69) is 53.4 Å². The first-order valence-electron chi connectivity index (χ1n) is 17.8. The summed E-state index contributed by atoms with van der Waals surface area (Å²) in [5, 5.41) is 10.3. The van der Waals surface area contributed by atoms with Crippen molar-refractivity contribution in [2.45, 2.75) is 91.7 Å². The summed E-state index contributed by atoms with van der Waals surface area (Å²) < 4.78 is 6.93. The molecular weight excluding hydrogens is 578 g/mol. The Morgan fingerprint density at radius 1 is 0.870 bits per heavy atom. The Labute approximate surface area is 275 Å². The van der Waals surface area contributed by atoms with Crippen LogP contribution in [0, 0.1) is 20.8 Å². The van der Waals surface area contributed by atoms with Gasteiger partial charge in [-0.1, -0.05) is 13.8 Å². The summed E-state index contributed by atoms with van der Waals surface area (Å²) >= 11 is 0. The lowest BCUT2D eigenvalue weighted by molar-refractivity contribution is -0.143. The number of nitrogens with zero attached hydrogens (tertiary/aromatic N) is 7. The molecule has 5 heterocycles. The number of carbonyl (C=O) groups is 1. The maximum Gasteiger partial charge on any atom is 0.325 e. The summed E-state index contributed by atoms with van der Waals surface area (Å²) in [5.41, 5.74) is 5.04. The molecule has 0 aliphatic carbocycles. The van der Waals surface area contributed by atoms with Crippen LogP contribution in [-0.2, 0) is 11.2 Å². The third kappa shape index (κ3) is 6.39. The molecule has 0 radical (unpaired) electrons. The zero-order chi connectivity index (χ0) is 32.6. The van der Waals surface area contributed by atoms with Crippen LogP contribution in [0.25, 0.3) is 0 Å². The maximum absolute atomic E-state index is 12.5. The largest absolute Gasteiger partial charge is 0.486 e. The van der Waals surface area contributed by atoms with Crippen molar-refractivity contribution in [1.29, 1.82) is 0 Å². The van der Waals surface area contributed by atoms with E-state index in [9.17, 15) is 9.90 Å². The second-order valence-electron chi connectivity index (χ2n) is 14.1. The van der Waals surface area contributed by atoms with Crippen molar-refractivity contribution in [3.8, 4) is 5.75 Å². The van der Waals surface area contributed by atoms with Gasteiger partial charge in [-0.3, -0.25) is 14.6 Å². The highest BCUT2D eigenvalue weighted by molar-refractivity contribution is 5.78. The molecule has 0 bridgehead atoms. The molecule has 3 fully saturated rings. The Hall–Kier alpha value is -3.11. The van der Waals surface area contributed by atoms with Crippen LogP contribution in [0.5, 0.6) is 5.75 Å². The quantitative estimate of drug-likeness (QED) is 0.387. The number of carboxylic acid groups (broad SMARTS) is 1. The number of ether oxygens (including phenoxy) is 1. The Bertz CT molecular complexity index is 1370. The minimum absolute atomic E-state index is 0.299. The van der Waals surface area contributed by atoms with Crippen molar-refractivity contribution in [2.75, 3.05) is 86.7 Å². The van der Waals surface area contributed by atoms with Gasteiger partial charge in [0.05, 0.1) is 0 Å². The third-order valence-corrected chi connectivity index (χ3v) is 11.1. The lowest BCUT2D eigenvalue weighted by Gasteiger charge is -2.44. The Morgan fingerprint density at radius 2 is 1.43 bits per heavy atom. The summed E-state index contributed by atoms with van der Waals surface area (Å²) in [6.07, 6.45) is 6.72. The van der Waals surface area contributed by atoms with Gasteiger partial charge in [0.2, 0.25) is 5.95 Å². The smallest absolute Gasteiger partial charge is 0.325 e. The summed E-state index contributed by atoms with van der Waals surface area (Å²) in [7, 11) is 0. The van der Waals surface area contributed by atoms with Gasteiger partial charge in [-0.05, 0) is 107 Å². The SMILES string of the molecule is CCN(CC)C(C(=O)O)c1c(C)c(C)c2c(c1C)CCC(C)(CN1CCN(c3cc(N4CCCC4)nc(N4CCCC4)n3)CC1)O2. The van der Waals surface area contributed by atoms with Crippen LogP contribution in [0.2, 0.25) is 0 Å². The average Bonchev–Trinajstić information content (AvgIpc) is 3.79. The van der Waals surface area contributed by atoms with Crippen LogP contribution in [0.1, 0.15) is 86.7 Å². The number of likely N-dealkylation sites (N-methyl/N-ethyl adjacent to an activating group) is 1. The van der Waals surface area contributed by atoms with Crippen LogP contribution in [0.4, 0.5) is 17.6 Å². The molecule has 2 unspecified atom stereocenters. The number of anilines is 3. The third-order valence-electron chi connectivity index (χ3n) is 11.1. The minimum atomic E-state index is -0.781. The monoisotopic (exact) mass is 633 g/mol. The first-order chi connectivity index (χ1) is 22.1. The minimum Gasteiger partial charge on any atom is -0.486 e. The molecule has 6 rings (SSSR count). The summed E-state index contributed by atoms with van der Waals surface area (Å²) in [4.78, 5) is 34.5. The summed E-state index contributed by atoms with van der Waals surface area (Å²) in [5.74, 6) is 3.24. The van der Waals surface area contributed by atoms with E-state index >= 15 is 0 Å². The van der Waals surface area contributed by atoms with Gasteiger partial charge in [-0.2, -0.15) is 9.97 Å². The molecule has 10 heteroatoms. The van der Waals surface area contributed by atoms with E-state index in [1.807, 2.05) is 18.7 Å². The molecule has 252 valence electrons. The average molecular weight is 634 g/mol. The van der Waals surface area contributed by atoms with E-state index < -0.39 is 12.0 Å². The molecular formula is C36H55N7O3. The van der Waals surface area contributed by atoms with Crippen molar-refractivity contribution in [3.05, 3.63) is 33.9 Å².